The Bertz CT molecular complexity index is 1030. The van der Waals surface area contributed by atoms with Gasteiger partial charge in [0.1, 0.15) is 11.4 Å². The molecule has 2 heterocycles. The number of benzene rings is 1. The van der Waals surface area contributed by atoms with Crippen LogP contribution >= 0.6 is 0 Å². The number of nitriles is 1. The number of hydrogen-bond donors (Lipinski definition) is 0. The molecule has 0 aliphatic rings. The van der Waals surface area contributed by atoms with Gasteiger partial charge >= 0.3 is 6.36 Å². The smallest absolute Gasteiger partial charge is 0.406 e. The molecule has 0 N–H and O–H groups in total. The van der Waals surface area contributed by atoms with Crippen molar-refractivity contribution >= 4 is 5.69 Å². The summed E-state index contributed by atoms with van der Waals surface area (Å²) in [7, 11) is 0. The summed E-state index contributed by atoms with van der Waals surface area (Å²) >= 11 is 0. The van der Waals surface area contributed by atoms with Crippen molar-refractivity contribution in [1.82, 2.24) is 15.1 Å². The van der Waals surface area contributed by atoms with Crippen LogP contribution in [-0.2, 0) is 0 Å². The van der Waals surface area contributed by atoms with Gasteiger partial charge in [0.05, 0.1) is 18.2 Å². The lowest BCUT2D eigenvalue weighted by Gasteiger charge is -2.09. The van der Waals surface area contributed by atoms with Crippen molar-refractivity contribution in [3.05, 3.63) is 53.5 Å². The lowest BCUT2D eigenvalue weighted by molar-refractivity contribution is -0.274. The molecule has 0 bridgehead atoms. The van der Waals surface area contributed by atoms with E-state index >= 15 is 0 Å². The molecule has 0 aliphatic heterocycles. The highest BCUT2D eigenvalue weighted by Crippen LogP contribution is 2.30. The first kappa shape index (κ1) is 16.9. The van der Waals surface area contributed by atoms with Gasteiger partial charge in [-0.3, -0.25) is 4.98 Å². The van der Waals surface area contributed by atoms with Gasteiger partial charge in [-0.2, -0.15) is 10.2 Å². The molecule has 10 heteroatoms. The lowest BCUT2D eigenvalue weighted by atomic mass is 10.1. The molecule has 2 aromatic heterocycles. The summed E-state index contributed by atoms with van der Waals surface area (Å²) in [6.45, 7) is 6.87. The Morgan fingerprint density at radius 2 is 2.04 bits per heavy atom. The number of nitrogens with zero attached hydrogens (tertiary/aromatic N) is 5. The second kappa shape index (κ2) is 6.53. The van der Waals surface area contributed by atoms with E-state index in [9.17, 15) is 13.2 Å². The first-order chi connectivity index (χ1) is 12.4. The highest BCUT2D eigenvalue weighted by Gasteiger charge is 2.31. The Hall–Kier alpha value is -3.92. The van der Waals surface area contributed by atoms with Gasteiger partial charge in [-0.15, -0.1) is 13.2 Å². The zero-order chi connectivity index (χ0) is 18.7. The van der Waals surface area contributed by atoms with Crippen LogP contribution < -0.4 is 4.74 Å². The minimum atomic E-state index is -4.90. The zero-order valence-corrected chi connectivity index (χ0v) is 12.7. The molecule has 0 saturated carbocycles. The molecule has 0 fully saturated rings. The fourth-order valence-electron chi connectivity index (χ4n) is 2.01. The van der Waals surface area contributed by atoms with E-state index in [1.807, 2.05) is 0 Å². The summed E-state index contributed by atoms with van der Waals surface area (Å²) in [5.74, 6) is -0.608. The fourth-order valence-corrected chi connectivity index (χ4v) is 2.01. The van der Waals surface area contributed by atoms with E-state index in [-0.39, 0.29) is 22.8 Å². The summed E-state index contributed by atoms with van der Waals surface area (Å²) in [6, 6.07) is 8.01. The Morgan fingerprint density at radius 1 is 1.23 bits per heavy atom. The number of ether oxygens (including phenoxy) is 1. The first-order valence-electron chi connectivity index (χ1n) is 6.87. The van der Waals surface area contributed by atoms with Gasteiger partial charge < -0.3 is 9.26 Å². The van der Waals surface area contributed by atoms with Gasteiger partial charge in [-0.1, -0.05) is 11.2 Å². The van der Waals surface area contributed by atoms with Crippen LogP contribution in [-0.4, -0.2) is 21.5 Å². The van der Waals surface area contributed by atoms with Crippen LogP contribution in [0.3, 0.4) is 0 Å². The standard InChI is InChI=1S/C16H6F3N5O2/c1-21-11-2-3-13(22-8-11)14-23-15(26-24-14)10-4-9(7-20)5-12(6-10)25-16(17,18)19/h2-6,8H. The SMILES string of the molecule is [C-]#[N+]c1ccc(-c2noc(-c3cc(C#N)cc(OC(F)(F)F)c3)n2)nc1. The lowest BCUT2D eigenvalue weighted by Crippen LogP contribution is -2.17. The normalized spacial score (nSPS) is 10.8. The molecule has 0 atom stereocenters. The van der Waals surface area contributed by atoms with Crippen molar-refractivity contribution in [3.8, 4) is 34.8 Å². The van der Waals surface area contributed by atoms with Crippen molar-refractivity contribution in [2.24, 2.45) is 0 Å². The van der Waals surface area contributed by atoms with Crippen LogP contribution in [0.5, 0.6) is 5.75 Å². The van der Waals surface area contributed by atoms with E-state index < -0.39 is 12.1 Å². The van der Waals surface area contributed by atoms with Gasteiger partial charge in [-0.25, -0.2) is 4.85 Å². The summed E-state index contributed by atoms with van der Waals surface area (Å²) in [5.41, 5.74) is 0.657. The average molecular weight is 357 g/mol. The molecular weight excluding hydrogens is 351 g/mol. The van der Waals surface area contributed by atoms with E-state index in [4.69, 9.17) is 16.4 Å². The van der Waals surface area contributed by atoms with E-state index in [0.29, 0.717) is 11.4 Å². The number of pyridine rings is 1. The highest BCUT2D eigenvalue weighted by molar-refractivity contribution is 5.62. The number of halogens is 3. The van der Waals surface area contributed by atoms with Crippen LogP contribution in [0.4, 0.5) is 18.9 Å². The molecular formula is C16H6F3N5O2. The number of aromatic nitrogens is 3. The van der Waals surface area contributed by atoms with Crippen LogP contribution in [0.2, 0.25) is 0 Å². The third-order valence-electron chi connectivity index (χ3n) is 3.05. The van der Waals surface area contributed by atoms with Gasteiger partial charge in [0, 0.05) is 11.8 Å². The number of rotatable bonds is 3. The molecule has 26 heavy (non-hydrogen) atoms. The highest BCUT2D eigenvalue weighted by atomic mass is 19.4. The Morgan fingerprint density at radius 3 is 2.65 bits per heavy atom. The van der Waals surface area contributed by atoms with Crippen molar-refractivity contribution in [2.75, 3.05) is 0 Å². The Kier molecular flexibility index (Phi) is 4.25. The molecule has 3 aromatic rings. The third-order valence-corrected chi connectivity index (χ3v) is 3.05. The van der Waals surface area contributed by atoms with E-state index in [1.54, 1.807) is 6.07 Å². The van der Waals surface area contributed by atoms with E-state index in [2.05, 4.69) is 24.7 Å². The molecule has 7 nitrogen and oxygen atoms in total. The minimum absolute atomic E-state index is 0.0685. The summed E-state index contributed by atoms with van der Waals surface area (Å²) in [4.78, 5) is 11.3. The van der Waals surface area contributed by atoms with Gasteiger partial charge in [0.25, 0.3) is 5.89 Å². The van der Waals surface area contributed by atoms with Crippen molar-refractivity contribution in [3.63, 3.8) is 0 Å². The Balaban J connectivity index is 1.96. The monoisotopic (exact) mass is 357 g/mol. The molecule has 0 aliphatic carbocycles. The second-order valence-electron chi connectivity index (χ2n) is 4.84. The van der Waals surface area contributed by atoms with Crippen LogP contribution in [0, 0.1) is 17.9 Å². The molecule has 0 amide bonds. The zero-order valence-electron chi connectivity index (χ0n) is 12.7. The maximum absolute atomic E-state index is 12.4. The second-order valence-corrected chi connectivity index (χ2v) is 4.84. The maximum Gasteiger partial charge on any atom is 0.573 e. The molecule has 128 valence electrons. The molecule has 3 rings (SSSR count). The molecule has 0 unspecified atom stereocenters. The average Bonchev–Trinajstić information content (AvgIpc) is 3.10. The van der Waals surface area contributed by atoms with Gasteiger partial charge in [0.2, 0.25) is 11.5 Å². The molecule has 0 spiro atoms. The first-order valence-corrected chi connectivity index (χ1v) is 6.87. The minimum Gasteiger partial charge on any atom is -0.406 e. The Labute approximate surface area is 144 Å². The van der Waals surface area contributed by atoms with Crippen LogP contribution in [0.15, 0.2) is 41.1 Å². The van der Waals surface area contributed by atoms with E-state index in [0.717, 1.165) is 12.1 Å². The third kappa shape index (κ3) is 3.76. The molecule has 0 radical (unpaired) electrons. The molecule has 1 aromatic carbocycles. The maximum atomic E-state index is 12.4. The topological polar surface area (TPSA) is 89.2 Å². The van der Waals surface area contributed by atoms with Crippen molar-refractivity contribution in [1.29, 1.82) is 5.26 Å². The predicted octanol–water partition coefficient (Wildman–Crippen LogP) is 4.12. The van der Waals surface area contributed by atoms with Crippen molar-refractivity contribution < 1.29 is 22.4 Å². The number of hydrogen-bond acceptors (Lipinski definition) is 6. The largest absolute Gasteiger partial charge is 0.573 e. The van der Waals surface area contributed by atoms with E-state index in [1.165, 1.54) is 24.4 Å². The summed E-state index contributed by atoms with van der Waals surface area (Å²) < 4.78 is 46.1. The fraction of sp³-hybridized carbons (Fsp3) is 0.0625. The van der Waals surface area contributed by atoms with Crippen LogP contribution in [0.25, 0.3) is 27.8 Å². The predicted molar refractivity (Wildman–Crippen MR) is 80.6 cm³/mol. The van der Waals surface area contributed by atoms with Crippen LogP contribution in [0.1, 0.15) is 5.56 Å². The quantitative estimate of drug-likeness (QED) is 0.655. The number of alkyl halides is 3. The molecule has 0 saturated heterocycles. The summed E-state index contributed by atoms with van der Waals surface area (Å²) in [6.07, 6.45) is -3.58. The van der Waals surface area contributed by atoms with Crippen molar-refractivity contribution in [2.45, 2.75) is 6.36 Å². The summed E-state index contributed by atoms with van der Waals surface area (Å²) in [5, 5.41) is 12.7. The van der Waals surface area contributed by atoms with Gasteiger partial charge in [-0.05, 0) is 24.3 Å². The van der Waals surface area contributed by atoms with Gasteiger partial charge in [0.15, 0.2) is 0 Å².